The fourth-order valence-corrected chi connectivity index (χ4v) is 6.34. The van der Waals surface area contributed by atoms with Gasteiger partial charge in [-0.25, -0.2) is 6.17 Å². The zero-order valence-corrected chi connectivity index (χ0v) is 30.3. The summed E-state index contributed by atoms with van der Waals surface area (Å²) in [6, 6.07) is 49.5. The maximum Gasteiger partial charge on any atom is 0.0697 e. The predicted octanol–water partition coefficient (Wildman–Crippen LogP) is 11.8. The Labute approximate surface area is 294 Å². The molecule has 0 unspecified atom stereocenters. The van der Waals surface area contributed by atoms with E-state index < -0.39 is 0 Å². The van der Waals surface area contributed by atoms with Gasteiger partial charge in [0.25, 0.3) is 0 Å². The zero-order valence-electron chi connectivity index (χ0n) is 26.3. The number of aromatic nitrogens is 2. The van der Waals surface area contributed by atoms with E-state index in [4.69, 9.17) is 0 Å². The van der Waals surface area contributed by atoms with Gasteiger partial charge in [-0.3, -0.25) is 9.97 Å². The zero-order chi connectivity index (χ0) is 31.4. The van der Waals surface area contributed by atoms with Crippen LogP contribution in [0.1, 0.15) is 39.4 Å². The van der Waals surface area contributed by atoms with Crippen LogP contribution in [0, 0.1) is 12.1 Å². The quantitative estimate of drug-likeness (QED) is 0.150. The molecule has 0 N–H and O–H groups in total. The SMILES string of the molecule is CC(C)[N-]C([N-]C(C)C)c1ccccc1.[Ir].[c-]1ccccc1-c1nc2ccccc2s1.[c-]1ccccc1-c1nc2ccccc2s1. The first-order chi connectivity index (χ1) is 22.0. The van der Waals surface area contributed by atoms with Crippen molar-refractivity contribution in [2.24, 2.45) is 0 Å². The van der Waals surface area contributed by atoms with E-state index in [0.29, 0.717) is 12.1 Å². The minimum absolute atomic E-state index is 0. The van der Waals surface area contributed by atoms with Crippen LogP contribution in [0.3, 0.4) is 0 Å². The topological polar surface area (TPSA) is 54.0 Å². The van der Waals surface area contributed by atoms with Crippen molar-refractivity contribution in [1.82, 2.24) is 9.97 Å². The summed E-state index contributed by atoms with van der Waals surface area (Å²) >= 11 is 3.42. The Kier molecular flexibility index (Phi) is 13.8. The number of para-hydroxylation sites is 2. The van der Waals surface area contributed by atoms with Crippen LogP contribution in [-0.4, -0.2) is 22.1 Å². The fraction of sp³-hybridized carbons (Fsp3) is 0.179. The molecule has 0 aliphatic rings. The van der Waals surface area contributed by atoms with Crippen molar-refractivity contribution >= 4 is 43.1 Å². The Morgan fingerprint density at radius 2 is 0.935 bits per heavy atom. The molecule has 1 radical (unpaired) electrons. The molecule has 7 rings (SSSR count). The smallest absolute Gasteiger partial charge is 0.0697 e. The summed E-state index contributed by atoms with van der Waals surface area (Å²) in [7, 11) is 0. The molecule has 0 aliphatic heterocycles. The first kappa shape index (κ1) is 35.3. The minimum atomic E-state index is -0.00815. The first-order valence-electron chi connectivity index (χ1n) is 15.1. The number of benzene rings is 5. The van der Waals surface area contributed by atoms with Gasteiger partial charge in [0.05, 0.1) is 11.0 Å². The van der Waals surface area contributed by atoms with Gasteiger partial charge in [-0.1, -0.05) is 87.9 Å². The van der Waals surface area contributed by atoms with Crippen molar-refractivity contribution in [3.8, 4) is 21.1 Å². The van der Waals surface area contributed by atoms with E-state index in [0.717, 1.165) is 32.2 Å². The molecule has 0 saturated heterocycles. The molecule has 4 nitrogen and oxygen atoms in total. The van der Waals surface area contributed by atoms with Crippen LogP contribution in [0.25, 0.3) is 52.2 Å². The van der Waals surface area contributed by atoms with Crippen molar-refractivity contribution in [3.63, 3.8) is 0 Å². The molecule has 0 saturated carbocycles. The molecule has 2 aromatic heterocycles. The van der Waals surface area contributed by atoms with Crippen molar-refractivity contribution in [3.05, 3.63) is 156 Å². The van der Waals surface area contributed by atoms with E-state index in [9.17, 15) is 0 Å². The summed E-state index contributed by atoms with van der Waals surface area (Å²) in [5.74, 6) is 0. The third-order valence-corrected chi connectivity index (χ3v) is 8.58. The van der Waals surface area contributed by atoms with E-state index in [1.807, 2.05) is 103 Å². The van der Waals surface area contributed by atoms with Gasteiger partial charge >= 0.3 is 0 Å². The molecule has 237 valence electrons. The summed E-state index contributed by atoms with van der Waals surface area (Å²) in [4.78, 5) is 9.14. The van der Waals surface area contributed by atoms with Gasteiger partial charge in [-0.15, -0.1) is 83.9 Å². The minimum Gasteiger partial charge on any atom is -0.672 e. The molecule has 5 aromatic carbocycles. The second-order valence-electron chi connectivity index (χ2n) is 10.8. The fourth-order valence-electron chi connectivity index (χ4n) is 4.43. The van der Waals surface area contributed by atoms with Gasteiger partial charge in [-0.2, -0.15) is 22.7 Å². The summed E-state index contributed by atoms with van der Waals surface area (Å²) in [6.45, 7) is 8.36. The molecular formula is C39H36IrN4S2-4. The Morgan fingerprint density at radius 3 is 1.33 bits per heavy atom. The number of thiazole rings is 2. The number of nitrogens with zero attached hydrogens (tertiary/aromatic N) is 4. The van der Waals surface area contributed by atoms with Crippen LogP contribution in [0.2, 0.25) is 0 Å². The van der Waals surface area contributed by atoms with Crippen LogP contribution < -0.4 is 0 Å². The summed E-state index contributed by atoms with van der Waals surface area (Å²) in [5, 5.41) is 11.3. The molecular weight excluding hydrogens is 781 g/mol. The molecule has 0 bridgehead atoms. The number of hydrogen-bond acceptors (Lipinski definition) is 4. The molecule has 2 heterocycles. The van der Waals surface area contributed by atoms with Gasteiger partial charge in [0.2, 0.25) is 0 Å². The predicted molar refractivity (Wildman–Crippen MR) is 194 cm³/mol. The molecule has 0 spiro atoms. The van der Waals surface area contributed by atoms with Crippen molar-refractivity contribution in [2.75, 3.05) is 0 Å². The average Bonchev–Trinajstić information content (AvgIpc) is 3.71. The summed E-state index contributed by atoms with van der Waals surface area (Å²) in [6.07, 6.45) is -0.00815. The molecule has 0 aliphatic carbocycles. The van der Waals surface area contributed by atoms with Crippen molar-refractivity contribution in [2.45, 2.75) is 45.9 Å². The third kappa shape index (κ3) is 10.2. The second-order valence-corrected chi connectivity index (χ2v) is 12.9. The summed E-state index contributed by atoms with van der Waals surface area (Å²) in [5.41, 5.74) is 5.45. The second kappa shape index (κ2) is 18.0. The van der Waals surface area contributed by atoms with Gasteiger partial charge in [-0.05, 0) is 24.3 Å². The normalized spacial score (nSPS) is 10.8. The van der Waals surface area contributed by atoms with Crippen LogP contribution in [0.5, 0.6) is 0 Å². The van der Waals surface area contributed by atoms with E-state index >= 15 is 0 Å². The van der Waals surface area contributed by atoms with Crippen LogP contribution in [0.15, 0.2) is 127 Å². The van der Waals surface area contributed by atoms with E-state index in [2.05, 4.69) is 84.7 Å². The standard InChI is InChI=1S/C13H20N2.2C13H8NS.Ir/c1-10(2)14-13(15-11(3)4)12-8-6-5-7-9-12;2*1-2-6-10(7-3-1)13-14-11-8-4-5-9-12(11)15-13;/h5-11,13H,1-4H3;2*1-6,8-9H;/q-2;2*-1;. The molecule has 0 atom stereocenters. The van der Waals surface area contributed by atoms with E-state index in [1.54, 1.807) is 22.7 Å². The molecule has 7 heteroatoms. The largest absolute Gasteiger partial charge is 0.672 e. The Balaban J connectivity index is 0.000000155. The molecule has 46 heavy (non-hydrogen) atoms. The molecule has 0 amide bonds. The average molecular weight is 817 g/mol. The first-order valence-corrected chi connectivity index (χ1v) is 16.7. The Bertz CT molecular complexity index is 1680. The Hall–Kier alpha value is -3.55. The number of rotatable bonds is 7. The summed E-state index contributed by atoms with van der Waals surface area (Å²) < 4.78 is 2.45. The van der Waals surface area contributed by atoms with Crippen LogP contribution in [-0.2, 0) is 20.1 Å². The Morgan fingerprint density at radius 1 is 0.522 bits per heavy atom. The van der Waals surface area contributed by atoms with Crippen LogP contribution in [0.4, 0.5) is 0 Å². The number of hydrogen-bond donors (Lipinski definition) is 0. The monoisotopic (exact) mass is 817 g/mol. The maximum absolute atomic E-state index is 4.62. The van der Waals surface area contributed by atoms with Gasteiger partial charge in [0.1, 0.15) is 0 Å². The van der Waals surface area contributed by atoms with Crippen LogP contribution >= 0.6 is 22.7 Å². The molecule has 0 fully saturated rings. The van der Waals surface area contributed by atoms with E-state index in [1.165, 1.54) is 15.0 Å². The van der Waals surface area contributed by atoms with Gasteiger partial charge in [0.15, 0.2) is 0 Å². The van der Waals surface area contributed by atoms with Gasteiger partial charge in [0, 0.05) is 39.5 Å². The third-order valence-electron chi connectivity index (χ3n) is 6.44. The molecule has 7 aromatic rings. The van der Waals surface area contributed by atoms with Gasteiger partial charge < -0.3 is 10.6 Å². The van der Waals surface area contributed by atoms with Crippen molar-refractivity contribution in [1.29, 1.82) is 0 Å². The van der Waals surface area contributed by atoms with E-state index in [-0.39, 0.29) is 26.3 Å². The van der Waals surface area contributed by atoms with Crippen molar-refractivity contribution < 1.29 is 20.1 Å². The maximum atomic E-state index is 4.62. The number of fused-ring (bicyclic) bond motifs is 2.